The number of halogens is 1. The molecule has 0 saturated heterocycles. The fraction of sp³-hybridized carbons (Fsp3) is 0.611. The zero-order chi connectivity index (χ0) is 16.6. The van der Waals surface area contributed by atoms with Gasteiger partial charge in [-0.3, -0.25) is 0 Å². The average Bonchev–Trinajstić information content (AvgIpc) is 3.10. The predicted molar refractivity (Wildman–Crippen MR) is 94.6 cm³/mol. The predicted octanol–water partition coefficient (Wildman–Crippen LogP) is 3.95. The second-order valence-electron chi connectivity index (χ2n) is 7.68. The zero-order valence-electron chi connectivity index (χ0n) is 13.9. The molecular formula is C18H25BrN2O2. The number of carbonyl (C=O) groups is 1. The molecule has 2 saturated carbocycles. The summed E-state index contributed by atoms with van der Waals surface area (Å²) >= 11 is 3.47. The summed E-state index contributed by atoms with van der Waals surface area (Å²) in [4.78, 5) is 11.7. The second kappa shape index (κ2) is 6.44. The van der Waals surface area contributed by atoms with Crippen LogP contribution in [0.15, 0.2) is 28.7 Å². The molecule has 2 unspecified atom stereocenters. The van der Waals surface area contributed by atoms with Crippen LogP contribution in [-0.2, 0) is 4.74 Å². The third-order valence-electron chi connectivity index (χ3n) is 4.42. The molecule has 2 atom stereocenters. The van der Waals surface area contributed by atoms with Gasteiger partial charge in [-0.15, -0.1) is 0 Å². The molecular weight excluding hydrogens is 356 g/mol. The molecule has 5 heteroatoms. The molecule has 23 heavy (non-hydrogen) atoms. The van der Waals surface area contributed by atoms with E-state index < -0.39 is 5.60 Å². The highest BCUT2D eigenvalue weighted by Gasteiger charge is 2.42. The molecule has 126 valence electrons. The van der Waals surface area contributed by atoms with Crippen LogP contribution >= 0.6 is 15.9 Å². The van der Waals surface area contributed by atoms with E-state index in [2.05, 4.69) is 50.8 Å². The Hall–Kier alpha value is -1.07. The summed E-state index contributed by atoms with van der Waals surface area (Å²) in [6.07, 6.45) is 3.04. The first kappa shape index (κ1) is 16.8. The van der Waals surface area contributed by atoms with Gasteiger partial charge in [-0.1, -0.05) is 28.1 Å². The molecule has 0 radical (unpaired) electrons. The Balaban J connectivity index is 1.36. The Morgan fingerprint density at radius 2 is 1.78 bits per heavy atom. The molecule has 0 heterocycles. The smallest absolute Gasteiger partial charge is 0.407 e. The highest BCUT2D eigenvalue weighted by atomic mass is 79.9. The number of carbonyl (C=O) groups excluding carboxylic acids is 1. The van der Waals surface area contributed by atoms with Crippen LogP contribution in [0.5, 0.6) is 0 Å². The molecule has 0 spiro atoms. The van der Waals surface area contributed by atoms with Gasteiger partial charge in [0.1, 0.15) is 5.60 Å². The maximum atomic E-state index is 11.7. The van der Waals surface area contributed by atoms with E-state index in [0.29, 0.717) is 18.0 Å². The lowest BCUT2D eigenvalue weighted by atomic mass is 9.76. The normalized spacial score (nSPS) is 29.6. The molecule has 2 aliphatic carbocycles. The van der Waals surface area contributed by atoms with Crippen molar-refractivity contribution in [1.29, 1.82) is 0 Å². The highest BCUT2D eigenvalue weighted by Crippen LogP contribution is 2.39. The third kappa shape index (κ3) is 4.70. The van der Waals surface area contributed by atoms with Crippen molar-refractivity contribution in [1.82, 2.24) is 10.6 Å². The summed E-state index contributed by atoms with van der Waals surface area (Å²) in [6, 6.07) is 9.81. The van der Waals surface area contributed by atoms with Gasteiger partial charge in [0.15, 0.2) is 0 Å². The summed E-state index contributed by atoms with van der Waals surface area (Å²) in [5, 5.41) is 6.57. The minimum atomic E-state index is -0.437. The lowest BCUT2D eigenvalue weighted by Gasteiger charge is -2.36. The molecule has 3 rings (SSSR count). The summed E-state index contributed by atoms with van der Waals surface area (Å²) in [7, 11) is 0. The summed E-state index contributed by atoms with van der Waals surface area (Å²) < 4.78 is 6.41. The number of rotatable bonds is 4. The van der Waals surface area contributed by atoms with E-state index in [1.165, 1.54) is 18.4 Å². The number of alkyl carbamates (subject to hydrolysis) is 1. The van der Waals surface area contributed by atoms with Gasteiger partial charge < -0.3 is 15.4 Å². The van der Waals surface area contributed by atoms with Crippen LogP contribution in [0.4, 0.5) is 4.79 Å². The quantitative estimate of drug-likeness (QED) is 0.831. The number of ether oxygens (including phenoxy) is 1. The molecule has 1 amide bonds. The zero-order valence-corrected chi connectivity index (χ0v) is 15.5. The van der Waals surface area contributed by atoms with Gasteiger partial charge in [0, 0.05) is 22.6 Å². The van der Waals surface area contributed by atoms with Gasteiger partial charge >= 0.3 is 6.09 Å². The van der Waals surface area contributed by atoms with E-state index in [0.717, 1.165) is 10.9 Å². The van der Waals surface area contributed by atoms with Crippen LogP contribution in [0.3, 0.4) is 0 Å². The largest absolute Gasteiger partial charge is 0.444 e. The van der Waals surface area contributed by atoms with E-state index in [1.54, 1.807) is 0 Å². The van der Waals surface area contributed by atoms with E-state index in [4.69, 9.17) is 4.74 Å². The molecule has 2 fully saturated rings. The fourth-order valence-electron chi connectivity index (χ4n) is 3.06. The molecule has 0 bridgehead atoms. The lowest BCUT2D eigenvalue weighted by Crippen LogP contribution is -2.44. The summed E-state index contributed by atoms with van der Waals surface area (Å²) in [6.45, 7) is 5.64. The Labute approximate surface area is 146 Å². The molecule has 0 aromatic heterocycles. The Kier molecular flexibility index (Phi) is 4.70. The topological polar surface area (TPSA) is 50.4 Å². The van der Waals surface area contributed by atoms with Gasteiger partial charge in [0.05, 0.1) is 0 Å². The van der Waals surface area contributed by atoms with E-state index in [1.807, 2.05) is 20.8 Å². The standard InChI is InChI=1S/C18H25BrN2O2/c1-18(2,3)23-17(22)21-16-10-15(16)20-14-8-12(9-14)11-4-6-13(19)7-5-11/h4-7,12,14-16,20H,8-10H2,1-3H3,(H,21,22). The van der Waals surface area contributed by atoms with Crippen molar-refractivity contribution < 1.29 is 9.53 Å². The number of benzene rings is 1. The Morgan fingerprint density at radius 1 is 1.13 bits per heavy atom. The summed E-state index contributed by atoms with van der Waals surface area (Å²) in [5.74, 6) is 0.664. The van der Waals surface area contributed by atoms with Crippen LogP contribution in [0, 0.1) is 0 Å². The van der Waals surface area contributed by atoms with Crippen LogP contribution in [0.2, 0.25) is 0 Å². The Morgan fingerprint density at radius 3 is 2.39 bits per heavy atom. The lowest BCUT2D eigenvalue weighted by molar-refractivity contribution is 0.0521. The van der Waals surface area contributed by atoms with Crippen molar-refractivity contribution in [2.75, 3.05) is 0 Å². The number of amides is 1. The second-order valence-corrected chi connectivity index (χ2v) is 8.59. The minimum Gasteiger partial charge on any atom is -0.444 e. The summed E-state index contributed by atoms with van der Waals surface area (Å²) in [5.41, 5.74) is 0.985. The van der Waals surface area contributed by atoms with Crippen molar-refractivity contribution in [2.24, 2.45) is 0 Å². The number of nitrogens with one attached hydrogen (secondary N) is 2. The SMILES string of the molecule is CC(C)(C)OC(=O)NC1CC1NC1CC(c2ccc(Br)cc2)C1. The average molecular weight is 381 g/mol. The van der Waals surface area contributed by atoms with Crippen LogP contribution in [0.1, 0.15) is 51.5 Å². The molecule has 1 aromatic rings. The van der Waals surface area contributed by atoms with E-state index in [9.17, 15) is 4.79 Å². The maximum Gasteiger partial charge on any atom is 0.407 e. The Bertz CT molecular complexity index is 561. The molecule has 4 nitrogen and oxygen atoms in total. The van der Waals surface area contributed by atoms with Gasteiger partial charge in [0.25, 0.3) is 0 Å². The maximum absolute atomic E-state index is 11.7. The van der Waals surface area contributed by atoms with Crippen molar-refractivity contribution >= 4 is 22.0 Å². The molecule has 2 N–H and O–H groups in total. The van der Waals surface area contributed by atoms with Gasteiger partial charge in [0.2, 0.25) is 0 Å². The molecule has 0 aliphatic heterocycles. The molecule has 1 aromatic carbocycles. The monoisotopic (exact) mass is 380 g/mol. The first-order valence-corrected chi connectivity index (χ1v) is 9.10. The van der Waals surface area contributed by atoms with Crippen molar-refractivity contribution in [3.63, 3.8) is 0 Å². The van der Waals surface area contributed by atoms with Crippen molar-refractivity contribution in [3.8, 4) is 0 Å². The number of hydrogen-bond acceptors (Lipinski definition) is 3. The first-order chi connectivity index (χ1) is 10.8. The van der Waals surface area contributed by atoms with Gasteiger partial charge in [-0.25, -0.2) is 4.79 Å². The van der Waals surface area contributed by atoms with E-state index >= 15 is 0 Å². The van der Waals surface area contributed by atoms with Crippen LogP contribution in [-0.4, -0.2) is 29.8 Å². The van der Waals surface area contributed by atoms with Gasteiger partial charge in [-0.05, 0) is 63.6 Å². The fourth-order valence-corrected chi connectivity index (χ4v) is 3.33. The van der Waals surface area contributed by atoms with Gasteiger partial charge in [-0.2, -0.15) is 0 Å². The minimum absolute atomic E-state index is 0.219. The van der Waals surface area contributed by atoms with Crippen molar-refractivity contribution in [3.05, 3.63) is 34.3 Å². The van der Waals surface area contributed by atoms with Crippen LogP contribution in [0.25, 0.3) is 0 Å². The van der Waals surface area contributed by atoms with E-state index in [-0.39, 0.29) is 12.1 Å². The first-order valence-electron chi connectivity index (χ1n) is 8.31. The van der Waals surface area contributed by atoms with Crippen LogP contribution < -0.4 is 10.6 Å². The molecule has 2 aliphatic rings. The van der Waals surface area contributed by atoms with Crippen molar-refractivity contribution in [2.45, 2.75) is 69.7 Å². The highest BCUT2D eigenvalue weighted by molar-refractivity contribution is 9.10. The third-order valence-corrected chi connectivity index (χ3v) is 4.95. The number of hydrogen-bond donors (Lipinski definition) is 2.